The first-order valence-electron chi connectivity index (χ1n) is 10.1. The second kappa shape index (κ2) is 9.49. The molecule has 1 aromatic heterocycles. The van der Waals surface area contributed by atoms with Gasteiger partial charge in [0.2, 0.25) is 0 Å². The van der Waals surface area contributed by atoms with E-state index in [9.17, 15) is 26.3 Å². The Balaban J connectivity index is 2.40. The molecule has 0 radical (unpaired) electrons. The molecule has 1 saturated carbocycles. The summed E-state index contributed by atoms with van der Waals surface area (Å²) in [4.78, 5) is 3.81. The molecule has 1 nitrogen and oxygen atoms in total. The summed E-state index contributed by atoms with van der Waals surface area (Å²) in [7, 11) is 0. The Morgan fingerprint density at radius 2 is 1.57 bits per heavy atom. The van der Waals surface area contributed by atoms with Gasteiger partial charge in [-0.2, -0.15) is 26.3 Å². The summed E-state index contributed by atoms with van der Waals surface area (Å²) in [5.74, 6) is -4.85. The molecule has 0 saturated heterocycles. The lowest BCUT2D eigenvalue weighted by atomic mass is 9.76. The van der Waals surface area contributed by atoms with E-state index in [1.165, 1.54) is 6.92 Å². The minimum Gasteiger partial charge on any atom is -0.264 e. The normalized spacial score (nSPS) is 20.0. The summed E-state index contributed by atoms with van der Waals surface area (Å²) in [6.07, 6.45) is -1.80. The van der Waals surface area contributed by atoms with Crippen molar-refractivity contribution >= 4 is 0 Å². The highest BCUT2D eigenvalue weighted by atomic mass is 19.4. The second-order valence-corrected chi connectivity index (χ2v) is 8.11. The number of aromatic nitrogens is 1. The van der Waals surface area contributed by atoms with Crippen molar-refractivity contribution in [2.75, 3.05) is 0 Å². The lowest BCUT2D eigenvalue weighted by molar-refractivity contribution is -0.165. The molecule has 0 spiro atoms. The first kappa shape index (κ1) is 23.0. The van der Waals surface area contributed by atoms with Gasteiger partial charge in [0.1, 0.15) is 0 Å². The molecule has 0 N–H and O–H groups in total. The van der Waals surface area contributed by atoms with Crippen molar-refractivity contribution in [3.05, 3.63) is 29.6 Å². The van der Waals surface area contributed by atoms with Crippen molar-refractivity contribution in [1.82, 2.24) is 4.98 Å². The van der Waals surface area contributed by atoms with Gasteiger partial charge in [-0.05, 0) is 42.2 Å². The zero-order valence-electron chi connectivity index (χ0n) is 16.4. The second-order valence-electron chi connectivity index (χ2n) is 8.11. The highest BCUT2D eigenvalue weighted by Gasteiger charge is 2.47. The van der Waals surface area contributed by atoms with Crippen LogP contribution in [0.5, 0.6) is 0 Å². The molecular formula is C21H29F6N. The van der Waals surface area contributed by atoms with E-state index in [4.69, 9.17) is 0 Å². The molecule has 1 aromatic rings. The van der Waals surface area contributed by atoms with Crippen LogP contribution < -0.4 is 0 Å². The number of halogens is 6. The molecule has 2 rings (SSSR count). The Bertz CT molecular complexity index is 604. The van der Waals surface area contributed by atoms with Crippen LogP contribution in [-0.2, 0) is 0 Å². The predicted octanol–water partition coefficient (Wildman–Crippen LogP) is 7.78. The largest absolute Gasteiger partial charge is 0.396 e. The van der Waals surface area contributed by atoms with Crippen LogP contribution in [0.3, 0.4) is 0 Å². The molecule has 1 heterocycles. The van der Waals surface area contributed by atoms with E-state index in [2.05, 4.69) is 4.98 Å². The fourth-order valence-corrected chi connectivity index (χ4v) is 4.55. The maximum atomic E-state index is 13.8. The standard InChI is InChI=1S/C21H29F6N/c1-3-4-8-14(2)18(20(22,23)24)16-11-17(13-28-12-16)19(21(25,26)27)15-9-6-5-7-10-15/h11-15,18-19H,3-10H2,1-2H3. The smallest absolute Gasteiger partial charge is 0.264 e. The number of pyridine rings is 1. The number of rotatable bonds is 7. The van der Waals surface area contributed by atoms with Crippen LogP contribution in [-0.4, -0.2) is 17.3 Å². The summed E-state index contributed by atoms with van der Waals surface area (Å²) in [6.45, 7) is 3.42. The SMILES string of the molecule is CCCCC(C)C(c1cncc(C(C2CCCCC2)C(F)(F)F)c1)C(F)(F)F. The van der Waals surface area contributed by atoms with Crippen molar-refractivity contribution in [3.8, 4) is 0 Å². The minimum absolute atomic E-state index is 0.131. The molecule has 28 heavy (non-hydrogen) atoms. The predicted molar refractivity (Wildman–Crippen MR) is 97.1 cm³/mol. The molecule has 3 unspecified atom stereocenters. The number of nitrogens with zero attached hydrogens (tertiary/aromatic N) is 1. The summed E-state index contributed by atoms with van der Waals surface area (Å²) >= 11 is 0. The Kier molecular flexibility index (Phi) is 7.80. The van der Waals surface area contributed by atoms with Gasteiger partial charge in [0, 0.05) is 12.4 Å². The quantitative estimate of drug-likeness (QED) is 0.419. The zero-order chi connectivity index (χ0) is 20.9. The molecule has 0 bridgehead atoms. The summed E-state index contributed by atoms with van der Waals surface area (Å²) in [5.41, 5.74) is -0.285. The number of hydrogen-bond acceptors (Lipinski definition) is 1. The molecule has 0 aromatic carbocycles. The Hall–Kier alpha value is -1.27. The van der Waals surface area contributed by atoms with E-state index in [1.807, 2.05) is 6.92 Å². The maximum absolute atomic E-state index is 13.8. The van der Waals surface area contributed by atoms with E-state index in [0.717, 1.165) is 44.1 Å². The topological polar surface area (TPSA) is 12.9 Å². The van der Waals surface area contributed by atoms with Gasteiger partial charge in [-0.25, -0.2) is 0 Å². The fraction of sp³-hybridized carbons (Fsp3) is 0.762. The van der Waals surface area contributed by atoms with Crippen molar-refractivity contribution in [2.45, 2.75) is 89.4 Å². The van der Waals surface area contributed by atoms with E-state index < -0.39 is 36.0 Å². The van der Waals surface area contributed by atoms with Gasteiger partial charge in [0.15, 0.2) is 0 Å². The average Bonchev–Trinajstić information content (AvgIpc) is 2.59. The molecule has 0 amide bonds. The maximum Gasteiger partial charge on any atom is 0.396 e. The van der Waals surface area contributed by atoms with Crippen molar-refractivity contribution < 1.29 is 26.3 Å². The van der Waals surface area contributed by atoms with E-state index >= 15 is 0 Å². The first-order valence-corrected chi connectivity index (χ1v) is 10.1. The van der Waals surface area contributed by atoms with Crippen molar-refractivity contribution in [2.24, 2.45) is 11.8 Å². The monoisotopic (exact) mass is 409 g/mol. The van der Waals surface area contributed by atoms with Gasteiger partial charge >= 0.3 is 12.4 Å². The van der Waals surface area contributed by atoms with Gasteiger partial charge in [0.05, 0.1) is 11.8 Å². The number of alkyl halides is 6. The molecule has 1 aliphatic rings. The van der Waals surface area contributed by atoms with E-state index in [1.54, 1.807) is 0 Å². The van der Waals surface area contributed by atoms with Gasteiger partial charge < -0.3 is 0 Å². The van der Waals surface area contributed by atoms with E-state index in [-0.39, 0.29) is 11.1 Å². The Morgan fingerprint density at radius 3 is 2.11 bits per heavy atom. The van der Waals surface area contributed by atoms with Crippen molar-refractivity contribution in [3.63, 3.8) is 0 Å². The van der Waals surface area contributed by atoms with Crippen molar-refractivity contribution in [1.29, 1.82) is 0 Å². The van der Waals surface area contributed by atoms with Crippen LogP contribution in [0.2, 0.25) is 0 Å². The first-order chi connectivity index (χ1) is 13.1. The van der Waals surface area contributed by atoms with Crippen LogP contribution in [0.4, 0.5) is 26.3 Å². The Labute approximate surface area is 162 Å². The highest BCUT2D eigenvalue weighted by molar-refractivity contribution is 5.28. The summed E-state index contributed by atoms with van der Waals surface area (Å²) in [6, 6.07) is 1.11. The molecule has 3 atom stereocenters. The van der Waals surface area contributed by atoms with Crippen LogP contribution >= 0.6 is 0 Å². The third-order valence-electron chi connectivity index (χ3n) is 5.91. The highest BCUT2D eigenvalue weighted by Crippen LogP contribution is 2.47. The summed E-state index contributed by atoms with van der Waals surface area (Å²) < 4.78 is 82.8. The molecule has 0 aliphatic heterocycles. The van der Waals surface area contributed by atoms with Crippen LogP contribution in [0.15, 0.2) is 18.5 Å². The van der Waals surface area contributed by atoms with E-state index in [0.29, 0.717) is 25.7 Å². The van der Waals surface area contributed by atoms with Crippen LogP contribution in [0.1, 0.15) is 88.2 Å². The van der Waals surface area contributed by atoms with Gasteiger partial charge in [-0.3, -0.25) is 4.98 Å². The third-order valence-corrected chi connectivity index (χ3v) is 5.91. The van der Waals surface area contributed by atoms with Gasteiger partial charge in [-0.1, -0.05) is 52.0 Å². The Morgan fingerprint density at radius 1 is 0.964 bits per heavy atom. The minimum atomic E-state index is -4.52. The lowest BCUT2D eigenvalue weighted by Gasteiger charge is -2.33. The summed E-state index contributed by atoms with van der Waals surface area (Å²) in [5, 5.41) is 0. The molecule has 1 fully saturated rings. The van der Waals surface area contributed by atoms with Crippen LogP contribution in [0.25, 0.3) is 0 Å². The zero-order valence-corrected chi connectivity index (χ0v) is 16.4. The van der Waals surface area contributed by atoms with Gasteiger partial charge in [0.25, 0.3) is 0 Å². The fourth-order valence-electron chi connectivity index (χ4n) is 4.55. The number of hydrogen-bond donors (Lipinski definition) is 0. The molecule has 1 aliphatic carbocycles. The molecular weight excluding hydrogens is 380 g/mol. The molecule has 160 valence electrons. The average molecular weight is 409 g/mol. The molecule has 7 heteroatoms. The van der Waals surface area contributed by atoms with Crippen LogP contribution in [0, 0.1) is 11.8 Å². The third kappa shape index (κ3) is 5.86. The lowest BCUT2D eigenvalue weighted by Crippen LogP contribution is -2.31. The number of unbranched alkanes of at least 4 members (excludes halogenated alkanes) is 1. The van der Waals surface area contributed by atoms with Gasteiger partial charge in [-0.15, -0.1) is 0 Å².